The smallest absolute Gasteiger partial charge is 0.239 e. The van der Waals surface area contributed by atoms with Crippen molar-refractivity contribution in [2.75, 3.05) is 10.8 Å². The van der Waals surface area contributed by atoms with Crippen molar-refractivity contribution in [3.05, 3.63) is 65.0 Å². The predicted octanol–water partition coefficient (Wildman–Crippen LogP) is 3.42. The average Bonchev–Trinajstić information content (AvgIpc) is 2.45. The van der Waals surface area contributed by atoms with Crippen molar-refractivity contribution in [3.63, 3.8) is 0 Å². The van der Waals surface area contributed by atoms with Gasteiger partial charge in [0.1, 0.15) is 5.82 Å². The zero-order chi connectivity index (χ0) is 15.7. The van der Waals surface area contributed by atoms with Crippen LogP contribution in [-0.2, 0) is 22.2 Å². The number of halogens is 1. The van der Waals surface area contributed by atoms with E-state index in [2.05, 4.69) is 0 Å². The van der Waals surface area contributed by atoms with Crippen LogP contribution in [0.15, 0.2) is 42.5 Å². The number of hydrogen-bond acceptors (Lipinski definition) is 2. The maximum Gasteiger partial charge on any atom is 0.239 e. The molecule has 1 aliphatic heterocycles. The summed E-state index contributed by atoms with van der Waals surface area (Å²) in [5.74, 6) is -0.597. The Hall–Kier alpha value is -1.88. The topological polar surface area (TPSA) is 37.4 Å². The standard InChI is InChI=1S/C17H18FNO2S/c1-13-7-8-17-15(10-13)5-3-9-19(17)22(20,21)12-14-4-2-6-16(18)11-14/h2,4,6-8,10-11H,3,5,9,12H2,1H3. The number of benzene rings is 2. The van der Waals surface area contributed by atoms with Crippen molar-refractivity contribution in [1.82, 2.24) is 0 Å². The van der Waals surface area contributed by atoms with Crippen LogP contribution in [0.25, 0.3) is 0 Å². The molecule has 0 spiro atoms. The molecule has 2 aromatic carbocycles. The van der Waals surface area contributed by atoms with Gasteiger partial charge in [0.15, 0.2) is 0 Å². The molecule has 0 N–H and O–H groups in total. The minimum Gasteiger partial charge on any atom is -0.270 e. The summed E-state index contributed by atoms with van der Waals surface area (Å²) < 4.78 is 40.2. The van der Waals surface area contributed by atoms with E-state index in [1.807, 2.05) is 25.1 Å². The molecule has 2 aromatic rings. The molecule has 0 saturated heterocycles. The fraction of sp³-hybridized carbons (Fsp3) is 0.294. The van der Waals surface area contributed by atoms with Crippen LogP contribution in [0.5, 0.6) is 0 Å². The first-order valence-corrected chi connectivity index (χ1v) is 8.91. The van der Waals surface area contributed by atoms with Gasteiger partial charge in [-0.2, -0.15) is 0 Å². The molecule has 0 amide bonds. The molecule has 0 aromatic heterocycles. The number of nitrogens with zero attached hydrogens (tertiary/aromatic N) is 1. The Morgan fingerprint density at radius 2 is 2.00 bits per heavy atom. The zero-order valence-corrected chi connectivity index (χ0v) is 13.2. The van der Waals surface area contributed by atoms with E-state index in [9.17, 15) is 12.8 Å². The third-order valence-electron chi connectivity index (χ3n) is 3.88. The van der Waals surface area contributed by atoms with Gasteiger partial charge in [-0.25, -0.2) is 12.8 Å². The van der Waals surface area contributed by atoms with Crippen LogP contribution in [-0.4, -0.2) is 15.0 Å². The van der Waals surface area contributed by atoms with Crippen LogP contribution in [0.2, 0.25) is 0 Å². The van der Waals surface area contributed by atoms with Crippen molar-refractivity contribution >= 4 is 15.7 Å². The Morgan fingerprint density at radius 1 is 1.18 bits per heavy atom. The van der Waals surface area contributed by atoms with Crippen molar-refractivity contribution in [2.24, 2.45) is 0 Å². The molecule has 1 heterocycles. The summed E-state index contributed by atoms with van der Waals surface area (Å²) in [4.78, 5) is 0. The lowest BCUT2D eigenvalue weighted by molar-refractivity contribution is 0.585. The van der Waals surface area contributed by atoms with E-state index in [1.54, 1.807) is 6.07 Å². The van der Waals surface area contributed by atoms with Crippen LogP contribution < -0.4 is 4.31 Å². The molecular formula is C17H18FNO2S. The molecule has 3 rings (SSSR count). The molecule has 0 fully saturated rings. The Kier molecular flexibility index (Phi) is 3.91. The maximum absolute atomic E-state index is 13.3. The highest BCUT2D eigenvalue weighted by Crippen LogP contribution is 2.31. The fourth-order valence-electron chi connectivity index (χ4n) is 2.90. The van der Waals surface area contributed by atoms with Gasteiger partial charge in [-0.3, -0.25) is 4.31 Å². The number of sulfonamides is 1. The molecule has 0 aliphatic carbocycles. The summed E-state index contributed by atoms with van der Waals surface area (Å²) in [6, 6.07) is 11.6. The number of fused-ring (bicyclic) bond motifs is 1. The summed E-state index contributed by atoms with van der Waals surface area (Å²) in [7, 11) is -3.51. The fourth-order valence-corrected chi connectivity index (χ4v) is 4.54. The highest BCUT2D eigenvalue weighted by atomic mass is 32.2. The van der Waals surface area contributed by atoms with Crippen molar-refractivity contribution in [2.45, 2.75) is 25.5 Å². The largest absolute Gasteiger partial charge is 0.270 e. The molecule has 0 saturated carbocycles. The number of anilines is 1. The van der Waals surface area contributed by atoms with Crippen molar-refractivity contribution in [3.8, 4) is 0 Å². The highest BCUT2D eigenvalue weighted by molar-refractivity contribution is 7.92. The van der Waals surface area contributed by atoms with Gasteiger partial charge in [-0.15, -0.1) is 0 Å². The summed E-state index contributed by atoms with van der Waals surface area (Å²) in [5, 5.41) is 0. The summed E-state index contributed by atoms with van der Waals surface area (Å²) in [6.45, 7) is 2.48. The monoisotopic (exact) mass is 319 g/mol. The zero-order valence-electron chi connectivity index (χ0n) is 12.4. The second-order valence-corrected chi connectivity index (χ2v) is 7.59. The Bertz CT molecular complexity index is 802. The minimum absolute atomic E-state index is 0.182. The minimum atomic E-state index is -3.51. The molecule has 5 heteroatoms. The van der Waals surface area contributed by atoms with Gasteiger partial charge in [0.05, 0.1) is 11.4 Å². The lowest BCUT2D eigenvalue weighted by atomic mass is 10.0. The van der Waals surface area contributed by atoms with Gasteiger partial charge in [0, 0.05) is 6.54 Å². The molecule has 116 valence electrons. The van der Waals surface area contributed by atoms with Gasteiger partial charge < -0.3 is 0 Å². The lowest BCUT2D eigenvalue weighted by Crippen LogP contribution is -2.36. The van der Waals surface area contributed by atoms with Crippen molar-refractivity contribution < 1.29 is 12.8 Å². The van der Waals surface area contributed by atoms with Gasteiger partial charge in [-0.1, -0.05) is 29.8 Å². The first-order chi connectivity index (χ1) is 10.5. The first kappa shape index (κ1) is 15.0. The van der Waals surface area contributed by atoms with Crippen LogP contribution in [0.1, 0.15) is 23.1 Å². The van der Waals surface area contributed by atoms with E-state index < -0.39 is 15.8 Å². The van der Waals surface area contributed by atoms with Crippen LogP contribution in [0, 0.1) is 12.7 Å². The molecule has 0 atom stereocenters. The van der Waals surface area contributed by atoms with Crippen LogP contribution >= 0.6 is 0 Å². The third-order valence-corrected chi connectivity index (χ3v) is 5.63. The Morgan fingerprint density at radius 3 is 2.77 bits per heavy atom. The second kappa shape index (κ2) is 5.72. The molecule has 0 radical (unpaired) electrons. The van der Waals surface area contributed by atoms with Gasteiger partial charge in [-0.05, 0) is 49.1 Å². The lowest BCUT2D eigenvalue weighted by Gasteiger charge is -2.30. The van der Waals surface area contributed by atoms with Gasteiger partial charge in [0.25, 0.3) is 0 Å². The van der Waals surface area contributed by atoms with E-state index in [0.29, 0.717) is 12.1 Å². The van der Waals surface area contributed by atoms with E-state index in [0.717, 1.165) is 29.7 Å². The van der Waals surface area contributed by atoms with E-state index in [-0.39, 0.29) is 5.75 Å². The van der Waals surface area contributed by atoms with E-state index in [4.69, 9.17) is 0 Å². The maximum atomic E-state index is 13.3. The third kappa shape index (κ3) is 2.99. The van der Waals surface area contributed by atoms with Crippen LogP contribution in [0.4, 0.5) is 10.1 Å². The van der Waals surface area contributed by atoms with Crippen molar-refractivity contribution in [1.29, 1.82) is 0 Å². The number of rotatable bonds is 3. The summed E-state index contributed by atoms with van der Waals surface area (Å²) >= 11 is 0. The van der Waals surface area contributed by atoms with Gasteiger partial charge in [0.2, 0.25) is 10.0 Å². The highest BCUT2D eigenvalue weighted by Gasteiger charge is 2.27. The second-order valence-electron chi connectivity index (χ2n) is 5.69. The van der Waals surface area contributed by atoms with E-state index >= 15 is 0 Å². The SMILES string of the molecule is Cc1ccc2c(c1)CCCN2S(=O)(=O)Cc1cccc(F)c1. The predicted molar refractivity (Wildman–Crippen MR) is 85.9 cm³/mol. The number of aryl methyl sites for hydroxylation is 2. The molecular weight excluding hydrogens is 301 g/mol. The Balaban J connectivity index is 1.94. The molecule has 1 aliphatic rings. The molecule has 3 nitrogen and oxygen atoms in total. The summed E-state index contributed by atoms with van der Waals surface area (Å²) in [6.07, 6.45) is 1.70. The Labute approximate surface area is 130 Å². The van der Waals surface area contributed by atoms with Gasteiger partial charge >= 0.3 is 0 Å². The quantitative estimate of drug-likeness (QED) is 0.869. The average molecular weight is 319 g/mol. The molecule has 0 unspecified atom stereocenters. The normalized spacial score (nSPS) is 14.7. The molecule has 22 heavy (non-hydrogen) atoms. The first-order valence-electron chi connectivity index (χ1n) is 7.30. The molecule has 0 bridgehead atoms. The van der Waals surface area contributed by atoms with Crippen LogP contribution in [0.3, 0.4) is 0 Å². The van der Waals surface area contributed by atoms with E-state index in [1.165, 1.54) is 22.5 Å². The number of hydrogen-bond donors (Lipinski definition) is 0. The summed E-state index contributed by atoms with van der Waals surface area (Å²) in [5.41, 5.74) is 3.42.